The summed E-state index contributed by atoms with van der Waals surface area (Å²) in [5.41, 5.74) is 0. The molecule has 76 valence electrons. The molecule has 1 saturated heterocycles. The van der Waals surface area contributed by atoms with Gasteiger partial charge >= 0.3 is 5.97 Å². The van der Waals surface area contributed by atoms with Gasteiger partial charge in [0, 0.05) is 31.9 Å². The number of carbonyl (C=O) groups excluding carboxylic acids is 1. The predicted molar refractivity (Wildman–Crippen MR) is 50.4 cm³/mol. The molecule has 1 heterocycles. The van der Waals surface area contributed by atoms with Crippen molar-refractivity contribution in [2.75, 3.05) is 13.1 Å². The van der Waals surface area contributed by atoms with Crippen LogP contribution < -0.4 is 0 Å². The maximum absolute atomic E-state index is 11.0. The van der Waals surface area contributed by atoms with Crippen LogP contribution in [0.4, 0.5) is 0 Å². The minimum Gasteiger partial charge on any atom is -0.472 e. The summed E-state index contributed by atoms with van der Waals surface area (Å²) in [6.45, 7) is 2.92. The molecule has 0 unspecified atom stereocenters. The number of piperidine rings is 1. The van der Waals surface area contributed by atoms with Gasteiger partial charge in [-0.1, -0.05) is 5.92 Å². The van der Waals surface area contributed by atoms with Crippen molar-refractivity contribution in [1.29, 1.82) is 0 Å². The molecule has 0 aromatic carbocycles. The van der Waals surface area contributed by atoms with E-state index in [9.17, 15) is 9.59 Å². The van der Waals surface area contributed by atoms with E-state index in [1.54, 1.807) is 11.8 Å². The Labute approximate surface area is 82.9 Å². The molecule has 1 N–H and O–H groups in total. The summed E-state index contributed by atoms with van der Waals surface area (Å²) >= 11 is 0. The summed E-state index contributed by atoms with van der Waals surface area (Å²) in [6.07, 6.45) is 1.56. The predicted octanol–water partition coefficient (Wildman–Crippen LogP) is 0.333. The number of hydrogen-bond donors (Lipinski definition) is 1. The van der Waals surface area contributed by atoms with E-state index in [2.05, 4.69) is 11.8 Å². The topological polar surface area (TPSA) is 57.6 Å². The first-order valence-corrected chi connectivity index (χ1v) is 4.59. The first-order valence-electron chi connectivity index (χ1n) is 4.59. The standard InChI is InChI=1S/C10H13NO3/c1-8(12)11-6-4-9(5-7-11)2-3-10(13)14/h9H,4-7H2,1H3,(H,13,14). The Morgan fingerprint density at radius 2 is 1.93 bits per heavy atom. The third kappa shape index (κ3) is 3.09. The highest BCUT2D eigenvalue weighted by Crippen LogP contribution is 2.15. The summed E-state index contributed by atoms with van der Waals surface area (Å²) in [6, 6.07) is 0. The highest BCUT2D eigenvalue weighted by molar-refractivity contribution is 5.86. The third-order valence-electron chi connectivity index (χ3n) is 2.32. The first kappa shape index (κ1) is 10.6. The van der Waals surface area contributed by atoms with Crippen molar-refractivity contribution in [2.45, 2.75) is 19.8 Å². The molecule has 1 aliphatic rings. The number of nitrogens with zero attached hydrogens (tertiary/aromatic N) is 1. The van der Waals surface area contributed by atoms with Crippen LogP contribution >= 0.6 is 0 Å². The maximum atomic E-state index is 11.0. The lowest BCUT2D eigenvalue weighted by Gasteiger charge is -2.28. The SMILES string of the molecule is CC(=O)N1CCC(C#CC(=O)O)CC1. The van der Waals surface area contributed by atoms with Gasteiger partial charge in [-0.15, -0.1) is 0 Å². The minimum atomic E-state index is -1.08. The summed E-state index contributed by atoms with van der Waals surface area (Å²) < 4.78 is 0. The van der Waals surface area contributed by atoms with Crippen molar-refractivity contribution in [1.82, 2.24) is 4.90 Å². The number of aliphatic carboxylic acids is 1. The molecule has 0 radical (unpaired) electrons. The van der Waals surface area contributed by atoms with E-state index < -0.39 is 5.97 Å². The molecule has 0 aliphatic carbocycles. The molecule has 0 spiro atoms. The Morgan fingerprint density at radius 3 is 2.36 bits per heavy atom. The molecule has 1 aliphatic heterocycles. The maximum Gasteiger partial charge on any atom is 0.381 e. The van der Waals surface area contributed by atoms with Crippen molar-refractivity contribution in [3.63, 3.8) is 0 Å². The molecule has 0 aromatic rings. The fourth-order valence-electron chi connectivity index (χ4n) is 1.50. The van der Waals surface area contributed by atoms with Crippen molar-refractivity contribution < 1.29 is 14.7 Å². The Bertz CT molecular complexity index is 292. The zero-order chi connectivity index (χ0) is 10.6. The number of rotatable bonds is 0. The highest BCUT2D eigenvalue weighted by Gasteiger charge is 2.18. The van der Waals surface area contributed by atoms with Crippen molar-refractivity contribution in [2.24, 2.45) is 5.92 Å². The van der Waals surface area contributed by atoms with Gasteiger partial charge in [-0.3, -0.25) is 4.79 Å². The quantitative estimate of drug-likeness (QED) is 0.567. The molecular weight excluding hydrogens is 182 g/mol. The molecule has 1 fully saturated rings. The second-order valence-electron chi connectivity index (χ2n) is 3.35. The van der Waals surface area contributed by atoms with E-state index in [1.165, 1.54) is 0 Å². The van der Waals surface area contributed by atoms with E-state index in [4.69, 9.17) is 5.11 Å². The van der Waals surface area contributed by atoms with Gasteiger partial charge in [0.05, 0.1) is 0 Å². The largest absolute Gasteiger partial charge is 0.472 e. The molecule has 0 bridgehead atoms. The van der Waals surface area contributed by atoms with Gasteiger partial charge in [-0.05, 0) is 12.8 Å². The normalized spacial score (nSPS) is 17.1. The van der Waals surface area contributed by atoms with Gasteiger partial charge in [0.15, 0.2) is 0 Å². The lowest BCUT2D eigenvalue weighted by molar-refractivity contribution is -0.131. The van der Waals surface area contributed by atoms with Crippen molar-refractivity contribution in [3.05, 3.63) is 0 Å². The second-order valence-corrected chi connectivity index (χ2v) is 3.35. The molecule has 1 rings (SSSR count). The van der Waals surface area contributed by atoms with Gasteiger partial charge in [-0.2, -0.15) is 0 Å². The number of carboxylic acid groups (broad SMARTS) is 1. The van der Waals surface area contributed by atoms with E-state index in [0.29, 0.717) is 13.1 Å². The van der Waals surface area contributed by atoms with Crippen LogP contribution in [0.3, 0.4) is 0 Å². The van der Waals surface area contributed by atoms with Gasteiger partial charge in [0.25, 0.3) is 0 Å². The smallest absolute Gasteiger partial charge is 0.381 e. The van der Waals surface area contributed by atoms with Gasteiger partial charge < -0.3 is 10.0 Å². The van der Waals surface area contributed by atoms with Crippen LogP contribution in [-0.2, 0) is 9.59 Å². The van der Waals surface area contributed by atoms with Crippen molar-refractivity contribution in [3.8, 4) is 11.8 Å². The van der Waals surface area contributed by atoms with Crippen molar-refractivity contribution >= 4 is 11.9 Å². The van der Waals surface area contributed by atoms with Crippen LogP contribution in [0.2, 0.25) is 0 Å². The average Bonchev–Trinajstić information content (AvgIpc) is 2.15. The average molecular weight is 195 g/mol. The lowest BCUT2D eigenvalue weighted by atomic mass is 9.97. The van der Waals surface area contributed by atoms with Crippen LogP contribution in [-0.4, -0.2) is 35.0 Å². The Hall–Kier alpha value is -1.50. The van der Waals surface area contributed by atoms with E-state index in [-0.39, 0.29) is 11.8 Å². The van der Waals surface area contributed by atoms with E-state index in [1.807, 2.05) is 0 Å². The molecule has 4 nitrogen and oxygen atoms in total. The van der Waals surface area contributed by atoms with E-state index in [0.717, 1.165) is 12.8 Å². The fraction of sp³-hybridized carbons (Fsp3) is 0.600. The van der Waals surface area contributed by atoms with Gasteiger partial charge in [0.1, 0.15) is 0 Å². The van der Waals surface area contributed by atoms with Crippen LogP contribution in [0.15, 0.2) is 0 Å². The van der Waals surface area contributed by atoms with Crippen LogP contribution in [0.5, 0.6) is 0 Å². The zero-order valence-corrected chi connectivity index (χ0v) is 8.12. The third-order valence-corrected chi connectivity index (χ3v) is 2.32. The Balaban J connectivity index is 2.41. The lowest BCUT2D eigenvalue weighted by Crippen LogP contribution is -2.36. The number of amides is 1. The fourth-order valence-corrected chi connectivity index (χ4v) is 1.50. The molecule has 1 amide bonds. The van der Waals surface area contributed by atoms with Gasteiger partial charge in [-0.25, -0.2) is 4.79 Å². The van der Waals surface area contributed by atoms with E-state index >= 15 is 0 Å². The number of likely N-dealkylation sites (tertiary alicyclic amines) is 1. The number of carbonyl (C=O) groups is 2. The molecule has 4 heteroatoms. The van der Waals surface area contributed by atoms with Crippen LogP contribution in [0.1, 0.15) is 19.8 Å². The Kier molecular flexibility index (Phi) is 3.52. The summed E-state index contributed by atoms with van der Waals surface area (Å²) in [5, 5.41) is 8.35. The first-order chi connectivity index (χ1) is 6.59. The molecule has 14 heavy (non-hydrogen) atoms. The summed E-state index contributed by atoms with van der Waals surface area (Å²) in [4.78, 5) is 22.9. The summed E-state index contributed by atoms with van der Waals surface area (Å²) in [7, 11) is 0. The summed E-state index contributed by atoms with van der Waals surface area (Å²) in [5.74, 6) is 3.94. The van der Waals surface area contributed by atoms with Gasteiger partial charge in [0.2, 0.25) is 5.91 Å². The molecule has 0 saturated carbocycles. The Morgan fingerprint density at radius 1 is 1.36 bits per heavy atom. The van der Waals surface area contributed by atoms with Crippen LogP contribution in [0, 0.1) is 17.8 Å². The number of carboxylic acids is 1. The highest BCUT2D eigenvalue weighted by atomic mass is 16.4. The van der Waals surface area contributed by atoms with Crippen LogP contribution in [0.25, 0.3) is 0 Å². The number of hydrogen-bond acceptors (Lipinski definition) is 2. The second kappa shape index (κ2) is 4.66. The molecule has 0 atom stereocenters. The molecule has 0 aromatic heterocycles. The monoisotopic (exact) mass is 195 g/mol. The molecular formula is C10H13NO3. The minimum absolute atomic E-state index is 0.0784. The zero-order valence-electron chi connectivity index (χ0n) is 8.12.